The van der Waals surface area contributed by atoms with Gasteiger partial charge < -0.3 is 14.7 Å². The van der Waals surface area contributed by atoms with E-state index in [1.165, 1.54) is 11.8 Å². The van der Waals surface area contributed by atoms with Crippen molar-refractivity contribution in [1.29, 1.82) is 0 Å². The molecule has 1 N–H and O–H groups in total. The molecule has 0 spiro atoms. The van der Waals surface area contributed by atoms with Gasteiger partial charge in [-0.05, 0) is 19.1 Å². The van der Waals surface area contributed by atoms with E-state index in [-0.39, 0.29) is 18.2 Å². The zero-order valence-corrected chi connectivity index (χ0v) is 12.2. The molecule has 2 saturated heterocycles. The Morgan fingerprint density at radius 2 is 2.11 bits per heavy atom. The lowest BCUT2D eigenvalue weighted by Gasteiger charge is -2.47. The van der Waals surface area contributed by atoms with Crippen molar-refractivity contribution in [3.05, 3.63) is 11.2 Å². The molecule has 5 nitrogen and oxygen atoms in total. The maximum Gasteiger partial charge on any atom is 0.227 e. The van der Waals surface area contributed by atoms with E-state index in [1.807, 2.05) is 6.26 Å². The molecule has 3 heterocycles. The van der Waals surface area contributed by atoms with Crippen LogP contribution in [-0.2, 0) is 4.74 Å². The van der Waals surface area contributed by atoms with Crippen LogP contribution < -0.4 is 4.90 Å². The van der Waals surface area contributed by atoms with Crippen molar-refractivity contribution in [1.82, 2.24) is 9.97 Å². The number of nitrogens with zero attached hydrogens (tertiary/aromatic N) is 3. The Hall–Kier alpha value is -0.560. The van der Waals surface area contributed by atoms with Crippen molar-refractivity contribution in [2.24, 2.45) is 0 Å². The van der Waals surface area contributed by atoms with Crippen LogP contribution in [-0.4, -0.2) is 52.7 Å². The van der Waals surface area contributed by atoms with E-state index in [0.29, 0.717) is 37.0 Å². The van der Waals surface area contributed by atoms with E-state index in [9.17, 15) is 5.11 Å². The fourth-order valence-corrected chi connectivity index (χ4v) is 3.57. The number of hydrogen-bond acceptors (Lipinski definition) is 6. The van der Waals surface area contributed by atoms with Crippen LogP contribution in [0, 0.1) is 0 Å². The number of aliphatic hydroxyl groups is 1. The number of piperidine rings is 1. The van der Waals surface area contributed by atoms with Gasteiger partial charge in [-0.1, -0.05) is 11.6 Å². The minimum atomic E-state index is -0.248. The predicted octanol–water partition coefficient (Wildman–Crippen LogP) is 1.58. The largest absolute Gasteiger partial charge is 0.393 e. The molecule has 0 amide bonds. The number of halogens is 1. The molecule has 2 fully saturated rings. The van der Waals surface area contributed by atoms with Gasteiger partial charge in [-0.3, -0.25) is 0 Å². The summed E-state index contributed by atoms with van der Waals surface area (Å²) in [6.07, 6.45) is 4.76. The van der Waals surface area contributed by atoms with Crippen molar-refractivity contribution >= 4 is 29.3 Å². The number of aliphatic hydroxyl groups excluding tert-OH is 1. The summed E-state index contributed by atoms with van der Waals surface area (Å²) in [6.45, 7) is 1.24. The zero-order valence-electron chi connectivity index (χ0n) is 10.6. The van der Waals surface area contributed by atoms with Crippen molar-refractivity contribution in [3.8, 4) is 0 Å². The van der Waals surface area contributed by atoms with Gasteiger partial charge in [-0.25, -0.2) is 9.97 Å². The smallest absolute Gasteiger partial charge is 0.227 e. The van der Waals surface area contributed by atoms with E-state index in [0.717, 1.165) is 5.03 Å². The molecule has 2 bridgehead atoms. The molecule has 2 aliphatic heterocycles. The monoisotopic (exact) mass is 301 g/mol. The molecule has 0 radical (unpaired) electrons. The Kier molecular flexibility index (Phi) is 3.84. The van der Waals surface area contributed by atoms with Gasteiger partial charge in [0.15, 0.2) is 0 Å². The summed E-state index contributed by atoms with van der Waals surface area (Å²) >= 11 is 7.56. The van der Waals surface area contributed by atoms with E-state index in [4.69, 9.17) is 16.3 Å². The average molecular weight is 302 g/mol. The average Bonchev–Trinajstić information content (AvgIpc) is 2.38. The molecule has 0 aliphatic carbocycles. The fraction of sp³-hybridized carbons (Fsp3) is 0.667. The number of hydrogen-bond donors (Lipinski definition) is 1. The highest BCUT2D eigenvalue weighted by Crippen LogP contribution is 2.32. The van der Waals surface area contributed by atoms with Gasteiger partial charge in [0, 0.05) is 0 Å². The molecule has 0 saturated carbocycles. The fourth-order valence-electron chi connectivity index (χ4n) is 2.82. The third kappa shape index (κ3) is 2.54. The van der Waals surface area contributed by atoms with E-state index >= 15 is 0 Å². The standard InChI is InChI=1S/C12H16ClN3O2S/c1-19-11-10(13)4-14-12(15-11)16-7-2-9(17)3-8(16)6-18-5-7/h4,7-9,17H,2-3,5-6H2,1H3. The van der Waals surface area contributed by atoms with Crippen molar-refractivity contribution in [2.45, 2.75) is 36.1 Å². The quantitative estimate of drug-likeness (QED) is 0.661. The van der Waals surface area contributed by atoms with Crippen LogP contribution in [0.1, 0.15) is 12.8 Å². The van der Waals surface area contributed by atoms with Crippen LogP contribution in [0.2, 0.25) is 5.02 Å². The first-order valence-corrected chi connectivity index (χ1v) is 7.90. The Morgan fingerprint density at radius 1 is 1.42 bits per heavy atom. The molecule has 104 valence electrons. The molecule has 7 heteroatoms. The summed E-state index contributed by atoms with van der Waals surface area (Å²) in [5.41, 5.74) is 0. The molecule has 1 aromatic rings. The van der Waals surface area contributed by atoms with Gasteiger partial charge >= 0.3 is 0 Å². The van der Waals surface area contributed by atoms with Gasteiger partial charge in [0.25, 0.3) is 0 Å². The highest BCUT2D eigenvalue weighted by Gasteiger charge is 2.39. The summed E-state index contributed by atoms with van der Waals surface area (Å²) in [4.78, 5) is 11.1. The second-order valence-electron chi connectivity index (χ2n) is 4.90. The lowest BCUT2D eigenvalue weighted by Crippen LogP contribution is -2.59. The normalized spacial score (nSPS) is 30.5. The topological polar surface area (TPSA) is 58.5 Å². The third-order valence-electron chi connectivity index (χ3n) is 3.62. The first kappa shape index (κ1) is 13.4. The lowest BCUT2D eigenvalue weighted by molar-refractivity contribution is 0.000277. The summed E-state index contributed by atoms with van der Waals surface area (Å²) in [7, 11) is 0. The third-order valence-corrected chi connectivity index (χ3v) is 4.71. The van der Waals surface area contributed by atoms with Gasteiger partial charge in [0.2, 0.25) is 5.95 Å². The van der Waals surface area contributed by atoms with Gasteiger partial charge in [-0.2, -0.15) is 0 Å². The van der Waals surface area contributed by atoms with Crippen molar-refractivity contribution in [3.63, 3.8) is 0 Å². The Balaban J connectivity index is 1.92. The molecule has 2 unspecified atom stereocenters. The summed E-state index contributed by atoms with van der Waals surface area (Å²) in [5.74, 6) is 0.693. The molecule has 2 atom stereocenters. The Morgan fingerprint density at radius 3 is 2.74 bits per heavy atom. The number of aromatic nitrogens is 2. The first-order valence-electron chi connectivity index (χ1n) is 6.29. The van der Waals surface area contributed by atoms with Gasteiger partial charge in [0.05, 0.1) is 42.6 Å². The van der Waals surface area contributed by atoms with Crippen molar-refractivity contribution in [2.75, 3.05) is 24.4 Å². The van der Waals surface area contributed by atoms with E-state index < -0.39 is 0 Å². The summed E-state index contributed by atoms with van der Waals surface area (Å²) in [6, 6.07) is 0.303. The van der Waals surface area contributed by atoms with E-state index in [1.54, 1.807) is 6.20 Å². The number of anilines is 1. The number of morpholine rings is 1. The van der Waals surface area contributed by atoms with Crippen LogP contribution in [0.25, 0.3) is 0 Å². The second kappa shape index (κ2) is 5.44. The highest BCUT2D eigenvalue weighted by molar-refractivity contribution is 7.98. The Bertz CT molecular complexity index is 462. The molecule has 0 aromatic carbocycles. The molecule has 19 heavy (non-hydrogen) atoms. The SMILES string of the molecule is CSc1nc(N2C3COCC2CC(O)C3)ncc1Cl. The minimum Gasteiger partial charge on any atom is -0.393 e. The number of thioether (sulfide) groups is 1. The minimum absolute atomic E-state index is 0.151. The molecule has 1 aromatic heterocycles. The highest BCUT2D eigenvalue weighted by atomic mass is 35.5. The van der Waals surface area contributed by atoms with Crippen LogP contribution in [0.4, 0.5) is 5.95 Å². The maximum absolute atomic E-state index is 9.88. The Labute approximate surface area is 121 Å². The summed E-state index contributed by atoms with van der Waals surface area (Å²) < 4.78 is 5.58. The second-order valence-corrected chi connectivity index (χ2v) is 6.11. The van der Waals surface area contributed by atoms with Gasteiger partial charge in [-0.15, -0.1) is 11.8 Å². The molecule has 3 rings (SSSR count). The molecule has 2 aliphatic rings. The number of fused-ring (bicyclic) bond motifs is 2. The summed E-state index contributed by atoms with van der Waals surface area (Å²) in [5, 5.41) is 11.2. The predicted molar refractivity (Wildman–Crippen MR) is 74.9 cm³/mol. The number of ether oxygens (including phenoxy) is 1. The lowest BCUT2D eigenvalue weighted by atomic mass is 9.92. The van der Waals surface area contributed by atoms with E-state index in [2.05, 4.69) is 14.9 Å². The van der Waals surface area contributed by atoms with Gasteiger partial charge in [0.1, 0.15) is 5.03 Å². The van der Waals surface area contributed by atoms with Crippen LogP contribution in [0.5, 0.6) is 0 Å². The number of rotatable bonds is 2. The van der Waals surface area contributed by atoms with Crippen molar-refractivity contribution < 1.29 is 9.84 Å². The molecular weight excluding hydrogens is 286 g/mol. The zero-order chi connectivity index (χ0) is 13.4. The molecular formula is C12H16ClN3O2S. The van der Waals surface area contributed by atoms with Crippen LogP contribution >= 0.6 is 23.4 Å². The van der Waals surface area contributed by atoms with Crippen LogP contribution in [0.3, 0.4) is 0 Å². The first-order chi connectivity index (χ1) is 9.19. The maximum atomic E-state index is 9.88. The van der Waals surface area contributed by atoms with Crippen LogP contribution in [0.15, 0.2) is 11.2 Å².